The number of phenols is 1. The van der Waals surface area contributed by atoms with Crippen molar-refractivity contribution in [3.63, 3.8) is 0 Å². The van der Waals surface area contributed by atoms with E-state index in [-0.39, 0.29) is 24.0 Å². The minimum atomic E-state index is 0. The predicted octanol–water partition coefficient (Wildman–Crippen LogP) is 2.61. The predicted molar refractivity (Wildman–Crippen MR) is 125 cm³/mol. The number of aromatic hydroxyl groups is 1. The summed E-state index contributed by atoms with van der Waals surface area (Å²) in [6.07, 6.45) is 5.59. The number of aliphatic imine (C=N–C) groups is 1. The van der Waals surface area contributed by atoms with E-state index >= 15 is 0 Å². The normalized spacial score (nSPS) is 21.3. The number of likely N-dealkylation sites (tertiary alicyclic amines) is 1. The summed E-state index contributed by atoms with van der Waals surface area (Å²) >= 11 is 0. The van der Waals surface area contributed by atoms with Crippen LogP contribution >= 0.6 is 24.0 Å². The quantitative estimate of drug-likeness (QED) is 0.232. The molecule has 3 N–H and O–H groups in total. The van der Waals surface area contributed by atoms with E-state index in [4.69, 9.17) is 4.74 Å². The van der Waals surface area contributed by atoms with Crippen molar-refractivity contribution >= 4 is 29.9 Å². The zero-order valence-corrected chi connectivity index (χ0v) is 19.2. The molecule has 0 saturated carbocycles. The first-order chi connectivity index (χ1) is 13.2. The first-order valence-electron chi connectivity index (χ1n) is 10.3. The molecule has 28 heavy (non-hydrogen) atoms. The number of hydrogen-bond donors (Lipinski definition) is 3. The Balaban J connectivity index is 0.00000280. The van der Waals surface area contributed by atoms with Crippen molar-refractivity contribution in [2.45, 2.75) is 38.1 Å². The van der Waals surface area contributed by atoms with Crippen molar-refractivity contribution in [3.05, 3.63) is 29.8 Å². The summed E-state index contributed by atoms with van der Waals surface area (Å²) < 4.78 is 5.49. The lowest BCUT2D eigenvalue weighted by Crippen LogP contribution is -2.49. The molecule has 0 amide bonds. The van der Waals surface area contributed by atoms with E-state index in [0.29, 0.717) is 11.8 Å². The molecular formula is C21H35IN4O2. The Labute approximate surface area is 186 Å². The SMILES string of the molecule is CN=C(NCCCc1ccc(O)cc1)NC1CCN(CC2CCOC2)CC1.I. The fraction of sp³-hybridized carbons (Fsp3) is 0.667. The molecular weight excluding hydrogens is 467 g/mol. The van der Waals surface area contributed by atoms with Gasteiger partial charge in [0.25, 0.3) is 0 Å². The molecule has 1 aromatic carbocycles. The number of phenolic OH excluding ortho intramolecular Hbond substituents is 1. The van der Waals surface area contributed by atoms with Crippen LogP contribution in [-0.4, -0.2) is 68.4 Å². The Morgan fingerprint density at radius 2 is 1.96 bits per heavy atom. The highest BCUT2D eigenvalue weighted by atomic mass is 127. The third-order valence-electron chi connectivity index (χ3n) is 5.56. The molecule has 2 aliphatic rings. The van der Waals surface area contributed by atoms with E-state index in [1.807, 2.05) is 19.2 Å². The van der Waals surface area contributed by atoms with Gasteiger partial charge in [0.2, 0.25) is 0 Å². The van der Waals surface area contributed by atoms with Gasteiger partial charge in [0.1, 0.15) is 5.75 Å². The van der Waals surface area contributed by atoms with Gasteiger partial charge in [0.05, 0.1) is 6.61 Å². The minimum Gasteiger partial charge on any atom is -0.508 e. The molecule has 158 valence electrons. The van der Waals surface area contributed by atoms with Gasteiger partial charge in [0, 0.05) is 45.9 Å². The highest BCUT2D eigenvalue weighted by molar-refractivity contribution is 14.0. The van der Waals surface area contributed by atoms with Crippen molar-refractivity contribution < 1.29 is 9.84 Å². The van der Waals surface area contributed by atoms with E-state index in [1.165, 1.54) is 31.4 Å². The van der Waals surface area contributed by atoms with E-state index in [0.717, 1.165) is 57.6 Å². The molecule has 0 bridgehead atoms. The lowest BCUT2D eigenvalue weighted by atomic mass is 10.0. The van der Waals surface area contributed by atoms with Crippen LogP contribution in [0.15, 0.2) is 29.3 Å². The van der Waals surface area contributed by atoms with E-state index in [2.05, 4.69) is 20.5 Å². The molecule has 3 rings (SSSR count). The lowest BCUT2D eigenvalue weighted by Gasteiger charge is -2.34. The molecule has 2 fully saturated rings. The van der Waals surface area contributed by atoms with Crippen LogP contribution in [0.1, 0.15) is 31.2 Å². The van der Waals surface area contributed by atoms with Crippen LogP contribution in [-0.2, 0) is 11.2 Å². The van der Waals surface area contributed by atoms with Gasteiger partial charge in [-0.25, -0.2) is 0 Å². The van der Waals surface area contributed by atoms with Gasteiger partial charge in [-0.2, -0.15) is 0 Å². The highest BCUT2D eigenvalue weighted by Crippen LogP contribution is 2.17. The maximum Gasteiger partial charge on any atom is 0.191 e. The summed E-state index contributed by atoms with van der Waals surface area (Å²) in [5.74, 6) is 1.96. The molecule has 2 aliphatic heterocycles. The third kappa shape index (κ3) is 7.75. The maximum absolute atomic E-state index is 9.33. The zero-order valence-electron chi connectivity index (χ0n) is 16.9. The average Bonchev–Trinajstić information content (AvgIpc) is 3.20. The molecule has 0 aromatic heterocycles. The molecule has 0 aliphatic carbocycles. The number of rotatable bonds is 7. The number of nitrogens with one attached hydrogen (secondary N) is 2. The largest absolute Gasteiger partial charge is 0.508 e. The molecule has 2 heterocycles. The molecule has 2 saturated heterocycles. The third-order valence-corrected chi connectivity index (χ3v) is 5.56. The summed E-state index contributed by atoms with van der Waals surface area (Å²) in [6.45, 7) is 6.28. The summed E-state index contributed by atoms with van der Waals surface area (Å²) in [6, 6.07) is 7.95. The zero-order chi connectivity index (χ0) is 18.9. The number of hydrogen-bond acceptors (Lipinski definition) is 4. The fourth-order valence-electron chi connectivity index (χ4n) is 3.90. The highest BCUT2D eigenvalue weighted by Gasteiger charge is 2.24. The summed E-state index contributed by atoms with van der Waals surface area (Å²) in [4.78, 5) is 6.96. The smallest absolute Gasteiger partial charge is 0.191 e. The van der Waals surface area contributed by atoms with Crippen LogP contribution in [0.25, 0.3) is 0 Å². The van der Waals surface area contributed by atoms with Gasteiger partial charge < -0.3 is 25.4 Å². The van der Waals surface area contributed by atoms with Crippen LogP contribution in [0, 0.1) is 5.92 Å². The summed E-state index contributed by atoms with van der Waals surface area (Å²) in [7, 11) is 1.84. The van der Waals surface area contributed by atoms with Crippen molar-refractivity contribution in [2.75, 3.05) is 46.4 Å². The second-order valence-corrected chi connectivity index (χ2v) is 7.72. The average molecular weight is 502 g/mol. The Morgan fingerprint density at radius 1 is 1.21 bits per heavy atom. The van der Waals surface area contributed by atoms with Crippen LogP contribution in [0.3, 0.4) is 0 Å². The standard InChI is InChI=1S/C21H34N4O2.HI/c1-22-21(23-11-2-3-17-4-6-20(26)7-5-17)24-19-8-12-25(13-9-19)15-18-10-14-27-16-18;/h4-7,18-19,26H,2-3,8-16H2,1H3,(H2,22,23,24);1H. The molecule has 0 spiro atoms. The molecule has 1 atom stereocenters. The lowest BCUT2D eigenvalue weighted by molar-refractivity contribution is 0.150. The fourth-order valence-corrected chi connectivity index (χ4v) is 3.90. The number of nitrogens with zero attached hydrogens (tertiary/aromatic N) is 2. The second kappa shape index (κ2) is 12.5. The number of aryl methyl sites for hydroxylation is 1. The minimum absolute atomic E-state index is 0. The number of guanidine groups is 1. The van der Waals surface area contributed by atoms with Gasteiger partial charge in [-0.3, -0.25) is 4.99 Å². The Kier molecular flexibility index (Phi) is 10.4. The topological polar surface area (TPSA) is 69.1 Å². The Bertz CT molecular complexity index is 583. The van der Waals surface area contributed by atoms with Crippen LogP contribution in [0.4, 0.5) is 0 Å². The van der Waals surface area contributed by atoms with Crippen LogP contribution in [0.2, 0.25) is 0 Å². The van der Waals surface area contributed by atoms with Crippen LogP contribution < -0.4 is 10.6 Å². The van der Waals surface area contributed by atoms with Gasteiger partial charge in [-0.15, -0.1) is 24.0 Å². The van der Waals surface area contributed by atoms with E-state index in [1.54, 1.807) is 12.1 Å². The van der Waals surface area contributed by atoms with Crippen LogP contribution in [0.5, 0.6) is 5.75 Å². The van der Waals surface area contributed by atoms with E-state index < -0.39 is 0 Å². The van der Waals surface area contributed by atoms with Gasteiger partial charge in [0.15, 0.2) is 5.96 Å². The van der Waals surface area contributed by atoms with Crippen molar-refractivity contribution in [1.29, 1.82) is 0 Å². The van der Waals surface area contributed by atoms with Crippen molar-refractivity contribution in [3.8, 4) is 5.75 Å². The van der Waals surface area contributed by atoms with Crippen molar-refractivity contribution in [1.82, 2.24) is 15.5 Å². The molecule has 6 nitrogen and oxygen atoms in total. The molecule has 0 radical (unpaired) electrons. The Hall–Kier alpha value is -1.06. The summed E-state index contributed by atoms with van der Waals surface area (Å²) in [5, 5.41) is 16.3. The number of benzene rings is 1. The second-order valence-electron chi connectivity index (χ2n) is 7.72. The summed E-state index contributed by atoms with van der Waals surface area (Å²) in [5.41, 5.74) is 1.25. The molecule has 1 aromatic rings. The van der Waals surface area contributed by atoms with Crippen molar-refractivity contribution in [2.24, 2.45) is 10.9 Å². The van der Waals surface area contributed by atoms with E-state index in [9.17, 15) is 5.11 Å². The molecule has 1 unspecified atom stereocenters. The first-order valence-corrected chi connectivity index (χ1v) is 10.3. The number of ether oxygens (including phenoxy) is 1. The van der Waals surface area contributed by atoms with Gasteiger partial charge in [-0.1, -0.05) is 12.1 Å². The monoisotopic (exact) mass is 502 g/mol. The molecule has 7 heteroatoms. The number of piperidine rings is 1. The van der Waals surface area contributed by atoms with Gasteiger partial charge in [-0.05, 0) is 55.7 Å². The maximum atomic E-state index is 9.33. The van der Waals surface area contributed by atoms with Gasteiger partial charge >= 0.3 is 0 Å². The Morgan fingerprint density at radius 3 is 2.61 bits per heavy atom. The first kappa shape index (κ1) is 23.2. The number of halogens is 1.